The number of nitrogens with one attached hydrogen (secondary N) is 1. The Kier molecular flexibility index (Phi) is 32.0. The van der Waals surface area contributed by atoms with Crippen molar-refractivity contribution in [2.24, 2.45) is 17.8 Å². The van der Waals surface area contributed by atoms with Crippen molar-refractivity contribution in [3.63, 3.8) is 0 Å². The molecule has 1 aromatic carbocycles. The van der Waals surface area contributed by atoms with E-state index < -0.39 is 36.6 Å². The molecule has 1 aromatic rings. The number of aliphatic hydroxyl groups excluding tert-OH is 2. The molecule has 8 atom stereocenters. The quantitative estimate of drug-likeness (QED) is 0.0661. The van der Waals surface area contributed by atoms with Crippen LogP contribution >= 0.6 is 0 Å². The first-order valence-electron chi connectivity index (χ1n) is 22.9. The highest BCUT2D eigenvalue weighted by atomic mass is 16.7. The van der Waals surface area contributed by atoms with Crippen molar-refractivity contribution >= 4 is 5.91 Å². The fraction of sp³-hybridized carbons (Fsp3) is 0.450. The third-order valence-electron chi connectivity index (χ3n) is 10.4. The first-order valence-corrected chi connectivity index (χ1v) is 22.9. The van der Waals surface area contributed by atoms with Gasteiger partial charge in [-0.25, -0.2) is 0 Å². The van der Waals surface area contributed by atoms with E-state index in [4.69, 9.17) is 14.2 Å². The van der Waals surface area contributed by atoms with Gasteiger partial charge in [-0.1, -0.05) is 127 Å². The zero-order valence-electron chi connectivity index (χ0n) is 39.6. The van der Waals surface area contributed by atoms with Gasteiger partial charge in [0.25, 0.3) is 5.91 Å². The molecule has 3 N–H and O–H groups in total. The first-order chi connectivity index (χ1) is 32.8. The zero-order chi connectivity index (χ0) is 48.4. The van der Waals surface area contributed by atoms with Crippen LogP contribution in [-0.4, -0.2) is 60.0 Å². The van der Waals surface area contributed by atoms with Crippen LogP contribution in [0.25, 0.3) is 0 Å². The average Bonchev–Trinajstić information content (AvgIpc) is 3.33. The molecule has 0 aromatic heterocycles. The smallest absolute Gasteiger partial charge is 0.297 e. The average molecular weight is 892 g/mol. The summed E-state index contributed by atoms with van der Waals surface area (Å²) in [6.07, 6.45) is 14.9. The number of carbonyl (C=O) groups excluding carboxylic acids is 1. The Morgan fingerprint density at radius 2 is 1.19 bits per heavy atom. The van der Waals surface area contributed by atoms with E-state index in [1.54, 1.807) is 6.92 Å². The van der Waals surface area contributed by atoms with Gasteiger partial charge in [-0.2, -0.15) is 0 Å². The van der Waals surface area contributed by atoms with E-state index in [0.717, 1.165) is 24.8 Å². The number of allylic oxidation sites excluding steroid dienone is 2. The van der Waals surface area contributed by atoms with E-state index in [-0.39, 0.29) is 31.0 Å². The standard InChI is InChI=1S/C60H61NO6/c1-6-8-10-12-14-16-18-20-21-22-23-24-25-26-27-28-29-30-32-34-36-38-43-47-57(63)61-55(50-66-60-53(5)52(4)58(64)56(48-62)67-60)59(65-49-54-45-41-39-42-46-54)51(3)44-40-37-35-33-31-19-17-15-13-11-9-7-2/h37,39-42,45-46,51-53,55-56,58-60,62,64H,7,9,11,13,15,17,19,31,33,35,44,48-50H2,1-5H3,(H,61,63)/t51-,52-,53?,55+,56?,58-,59-,60+/m1/s1. The Balaban J connectivity index is 2.14. The van der Waals surface area contributed by atoms with Gasteiger partial charge in [-0.05, 0) is 138 Å². The van der Waals surface area contributed by atoms with Crippen LogP contribution in [0.2, 0.25) is 0 Å². The maximum absolute atomic E-state index is 13.4. The van der Waals surface area contributed by atoms with Gasteiger partial charge in [-0.15, -0.1) is 0 Å². The highest BCUT2D eigenvalue weighted by Crippen LogP contribution is 2.32. The number of carbonyl (C=O) groups is 1. The molecule has 1 heterocycles. The Morgan fingerprint density at radius 3 is 1.70 bits per heavy atom. The molecule has 2 unspecified atom stereocenters. The van der Waals surface area contributed by atoms with Crippen molar-refractivity contribution < 1.29 is 29.2 Å². The van der Waals surface area contributed by atoms with Gasteiger partial charge < -0.3 is 29.7 Å². The van der Waals surface area contributed by atoms with Crippen LogP contribution in [0.3, 0.4) is 0 Å². The van der Waals surface area contributed by atoms with E-state index in [0.29, 0.717) is 6.61 Å². The minimum Gasteiger partial charge on any atom is -0.394 e. The second kappa shape index (κ2) is 38.2. The van der Waals surface area contributed by atoms with Gasteiger partial charge in [0.15, 0.2) is 6.29 Å². The summed E-state index contributed by atoms with van der Waals surface area (Å²) in [6.45, 7) is 9.87. The topological polar surface area (TPSA) is 97.3 Å². The monoisotopic (exact) mass is 891 g/mol. The van der Waals surface area contributed by atoms with E-state index in [9.17, 15) is 15.0 Å². The van der Waals surface area contributed by atoms with E-state index >= 15 is 0 Å². The molecule has 1 saturated heterocycles. The SMILES string of the molecule is CC#CC#CC#CC#CC#CC#CC#CC#CC#CC#CC#CC#CC(=O)N[C@@H](CO[C@H]1OC(CO)[C@H](O)[C@H](C)C1C)[C@H](OCc1ccccc1)[C@H](C)CC=CCCCCCCCCCCC. The number of benzene rings is 1. The third kappa shape index (κ3) is 27.1. The molecule has 67 heavy (non-hydrogen) atoms. The van der Waals surface area contributed by atoms with Crippen molar-refractivity contribution in [2.75, 3.05) is 13.2 Å². The molecule has 342 valence electrons. The summed E-state index contributed by atoms with van der Waals surface area (Å²) in [7, 11) is 0. The molecule has 0 saturated carbocycles. The molecule has 7 nitrogen and oxygen atoms in total. The molecule has 0 bridgehead atoms. The van der Waals surface area contributed by atoms with Crippen molar-refractivity contribution in [1.82, 2.24) is 5.32 Å². The molecular formula is C60H61NO6. The van der Waals surface area contributed by atoms with Gasteiger partial charge in [0.2, 0.25) is 0 Å². The van der Waals surface area contributed by atoms with Gasteiger partial charge in [0.05, 0.1) is 38.1 Å². The number of rotatable bonds is 22. The van der Waals surface area contributed by atoms with Crippen molar-refractivity contribution in [2.45, 2.75) is 142 Å². The van der Waals surface area contributed by atoms with Crippen molar-refractivity contribution in [1.29, 1.82) is 0 Å². The summed E-state index contributed by atoms with van der Waals surface area (Å²) in [4.78, 5) is 13.4. The normalized spacial score (nSPS) is 17.2. The van der Waals surface area contributed by atoms with Crippen LogP contribution < -0.4 is 5.32 Å². The number of hydrogen-bond acceptors (Lipinski definition) is 6. The summed E-state index contributed by atoms with van der Waals surface area (Å²) in [6, 6.07) is 9.21. The highest BCUT2D eigenvalue weighted by molar-refractivity contribution is 5.94. The summed E-state index contributed by atoms with van der Waals surface area (Å²) in [5, 5.41) is 23.6. The number of aliphatic hydroxyl groups is 2. The predicted molar refractivity (Wildman–Crippen MR) is 267 cm³/mol. The van der Waals surface area contributed by atoms with Crippen LogP contribution in [0.4, 0.5) is 0 Å². The largest absolute Gasteiger partial charge is 0.394 e. The molecule has 2 rings (SSSR count). The molecule has 1 amide bonds. The summed E-state index contributed by atoms with van der Waals surface area (Å²) < 4.78 is 19.0. The second-order valence-corrected chi connectivity index (χ2v) is 15.5. The van der Waals surface area contributed by atoms with E-state index in [1.165, 1.54) is 51.4 Å². The van der Waals surface area contributed by atoms with Crippen molar-refractivity contribution in [3.8, 4) is 142 Å². The molecule has 0 aliphatic carbocycles. The number of amides is 1. The van der Waals surface area contributed by atoms with Crippen LogP contribution in [0, 0.1) is 160 Å². The fourth-order valence-corrected chi connectivity index (χ4v) is 6.59. The molecular weight excluding hydrogens is 831 g/mol. The van der Waals surface area contributed by atoms with Gasteiger partial charge in [-0.3, -0.25) is 4.79 Å². The van der Waals surface area contributed by atoms with Gasteiger partial charge in [0.1, 0.15) is 6.10 Å². The van der Waals surface area contributed by atoms with Gasteiger partial charge >= 0.3 is 0 Å². The zero-order valence-corrected chi connectivity index (χ0v) is 39.6. The van der Waals surface area contributed by atoms with Crippen LogP contribution in [0.1, 0.15) is 111 Å². The molecule has 1 aliphatic rings. The molecule has 0 radical (unpaired) electrons. The highest BCUT2D eigenvalue weighted by Gasteiger charge is 2.41. The maximum Gasteiger partial charge on any atom is 0.297 e. The Bertz CT molecular complexity index is 2520. The minimum absolute atomic E-state index is 0.0291. The number of hydrogen-bond donors (Lipinski definition) is 3. The van der Waals surface area contributed by atoms with E-state index in [1.807, 2.05) is 44.2 Å². The lowest BCUT2D eigenvalue weighted by atomic mass is 9.85. The second-order valence-electron chi connectivity index (χ2n) is 15.5. The Labute approximate surface area is 402 Å². The summed E-state index contributed by atoms with van der Waals surface area (Å²) in [5.41, 5.74) is 0.991. The van der Waals surface area contributed by atoms with E-state index in [2.05, 4.69) is 173 Å². The summed E-state index contributed by atoms with van der Waals surface area (Å²) >= 11 is 0. The lowest BCUT2D eigenvalue weighted by Crippen LogP contribution is -2.54. The molecule has 1 fully saturated rings. The van der Waals surface area contributed by atoms with Crippen LogP contribution in [0.5, 0.6) is 0 Å². The number of ether oxygens (including phenoxy) is 3. The minimum atomic E-state index is -0.836. The van der Waals surface area contributed by atoms with Crippen molar-refractivity contribution in [3.05, 3.63) is 48.0 Å². The third-order valence-corrected chi connectivity index (χ3v) is 10.4. The molecule has 7 heteroatoms. The van der Waals surface area contributed by atoms with Crippen LogP contribution in [-0.2, 0) is 25.6 Å². The Morgan fingerprint density at radius 1 is 0.701 bits per heavy atom. The lowest BCUT2D eigenvalue weighted by Gasteiger charge is -2.42. The molecule has 0 spiro atoms. The molecule has 1 aliphatic heterocycles. The predicted octanol–water partition coefficient (Wildman–Crippen LogP) is 6.99. The first kappa shape index (κ1) is 56.1. The maximum atomic E-state index is 13.4. The van der Waals surface area contributed by atoms with Gasteiger partial charge in [0, 0.05) is 47.4 Å². The Hall–Kier alpha value is -7.05. The van der Waals surface area contributed by atoms with Crippen LogP contribution in [0.15, 0.2) is 42.5 Å². The lowest BCUT2D eigenvalue weighted by molar-refractivity contribution is -0.271. The summed E-state index contributed by atoms with van der Waals surface area (Å²) in [5.74, 6) is 60.1. The fourth-order valence-electron chi connectivity index (χ4n) is 6.59. The number of unbranched alkanes of at least 4 members (excludes halogenated alkanes) is 9.